The van der Waals surface area contributed by atoms with Gasteiger partial charge in [-0.05, 0) is 37.5 Å². The van der Waals surface area contributed by atoms with E-state index in [-0.39, 0.29) is 12.1 Å². The van der Waals surface area contributed by atoms with Gasteiger partial charge in [-0.3, -0.25) is 0 Å². The smallest absolute Gasteiger partial charge is 0.315 e. The zero-order chi connectivity index (χ0) is 15.8. The molecule has 0 spiro atoms. The number of amides is 2. The standard InChI is InChI=1S/C16H25N3O3/c1-2-22-13-7-5-12(6-8-13)4-3-9-18-16(21)19-14-10-17-11-15(14)20/h5-8,14-15,17,20H,2-4,9-11H2,1H3,(H2,18,19,21)/t14-,15-/m1/s1. The van der Waals surface area contributed by atoms with E-state index in [1.807, 2.05) is 31.2 Å². The number of urea groups is 1. The molecule has 2 rings (SSSR count). The van der Waals surface area contributed by atoms with Gasteiger partial charge in [-0.15, -0.1) is 0 Å². The summed E-state index contributed by atoms with van der Waals surface area (Å²) in [5.41, 5.74) is 1.22. The van der Waals surface area contributed by atoms with Crippen LogP contribution in [0.4, 0.5) is 4.79 Å². The largest absolute Gasteiger partial charge is 0.494 e. The maximum absolute atomic E-state index is 11.7. The highest BCUT2D eigenvalue weighted by atomic mass is 16.5. The van der Waals surface area contributed by atoms with E-state index in [9.17, 15) is 9.90 Å². The molecule has 2 atom stereocenters. The molecule has 0 unspecified atom stereocenters. The van der Waals surface area contributed by atoms with Crippen molar-refractivity contribution in [2.75, 3.05) is 26.2 Å². The fourth-order valence-electron chi connectivity index (χ4n) is 2.45. The summed E-state index contributed by atoms with van der Waals surface area (Å²) >= 11 is 0. The van der Waals surface area contributed by atoms with E-state index in [0.29, 0.717) is 26.2 Å². The van der Waals surface area contributed by atoms with Gasteiger partial charge in [-0.2, -0.15) is 0 Å². The molecule has 2 amide bonds. The second-order valence-electron chi connectivity index (χ2n) is 5.41. The van der Waals surface area contributed by atoms with Gasteiger partial charge in [-0.1, -0.05) is 12.1 Å². The van der Waals surface area contributed by atoms with Gasteiger partial charge in [0.05, 0.1) is 18.8 Å². The molecule has 1 aromatic carbocycles. The highest BCUT2D eigenvalue weighted by Crippen LogP contribution is 2.13. The molecule has 0 bridgehead atoms. The van der Waals surface area contributed by atoms with Crippen LogP contribution in [0.1, 0.15) is 18.9 Å². The van der Waals surface area contributed by atoms with Crippen molar-refractivity contribution < 1.29 is 14.6 Å². The van der Waals surface area contributed by atoms with Crippen molar-refractivity contribution >= 4 is 6.03 Å². The van der Waals surface area contributed by atoms with Crippen LogP contribution in [0, 0.1) is 0 Å². The van der Waals surface area contributed by atoms with Crippen molar-refractivity contribution in [2.24, 2.45) is 0 Å². The Kier molecular flexibility index (Phi) is 6.48. The van der Waals surface area contributed by atoms with Crippen LogP contribution >= 0.6 is 0 Å². The third-order valence-electron chi connectivity index (χ3n) is 3.66. The molecule has 1 aliphatic heterocycles. The van der Waals surface area contributed by atoms with E-state index in [1.54, 1.807) is 0 Å². The lowest BCUT2D eigenvalue weighted by Crippen LogP contribution is -2.47. The van der Waals surface area contributed by atoms with Crippen LogP contribution in [0.5, 0.6) is 5.75 Å². The maximum atomic E-state index is 11.7. The number of carbonyl (C=O) groups is 1. The lowest BCUT2D eigenvalue weighted by atomic mass is 10.1. The molecule has 1 aromatic rings. The Hall–Kier alpha value is -1.79. The van der Waals surface area contributed by atoms with Crippen LogP contribution in [0.3, 0.4) is 0 Å². The number of hydrogen-bond acceptors (Lipinski definition) is 4. The average molecular weight is 307 g/mol. The SMILES string of the molecule is CCOc1ccc(CCCNC(=O)N[C@@H]2CNC[C@H]2O)cc1. The summed E-state index contributed by atoms with van der Waals surface area (Å²) in [4.78, 5) is 11.7. The molecule has 22 heavy (non-hydrogen) atoms. The molecule has 122 valence electrons. The normalized spacial score (nSPS) is 20.6. The Balaban J connectivity index is 1.61. The van der Waals surface area contributed by atoms with Crippen LogP contribution in [-0.2, 0) is 6.42 Å². The van der Waals surface area contributed by atoms with Crippen LogP contribution in [0.2, 0.25) is 0 Å². The third-order valence-corrected chi connectivity index (χ3v) is 3.66. The molecule has 6 heteroatoms. The van der Waals surface area contributed by atoms with Crippen LogP contribution in [0.15, 0.2) is 24.3 Å². The van der Waals surface area contributed by atoms with Crippen molar-refractivity contribution in [1.82, 2.24) is 16.0 Å². The van der Waals surface area contributed by atoms with Gasteiger partial charge in [0, 0.05) is 19.6 Å². The van der Waals surface area contributed by atoms with E-state index in [4.69, 9.17) is 4.74 Å². The molecule has 1 heterocycles. The van der Waals surface area contributed by atoms with Gasteiger partial charge in [0.15, 0.2) is 0 Å². The highest BCUT2D eigenvalue weighted by Gasteiger charge is 2.25. The lowest BCUT2D eigenvalue weighted by Gasteiger charge is -2.16. The fraction of sp³-hybridized carbons (Fsp3) is 0.562. The molecule has 0 saturated carbocycles. The number of ether oxygens (including phenoxy) is 1. The van der Waals surface area contributed by atoms with Crippen molar-refractivity contribution in [2.45, 2.75) is 31.9 Å². The number of rotatable bonds is 7. The number of hydrogen-bond donors (Lipinski definition) is 4. The van der Waals surface area contributed by atoms with Crippen LogP contribution in [0.25, 0.3) is 0 Å². The first-order valence-electron chi connectivity index (χ1n) is 7.84. The van der Waals surface area contributed by atoms with E-state index in [1.165, 1.54) is 5.56 Å². The Labute approximate surface area is 131 Å². The first-order valence-corrected chi connectivity index (χ1v) is 7.84. The summed E-state index contributed by atoms with van der Waals surface area (Å²) in [7, 11) is 0. The van der Waals surface area contributed by atoms with E-state index < -0.39 is 6.10 Å². The Morgan fingerprint density at radius 1 is 1.36 bits per heavy atom. The Morgan fingerprint density at radius 3 is 2.77 bits per heavy atom. The summed E-state index contributed by atoms with van der Waals surface area (Å²) in [6.07, 6.45) is 1.27. The first-order chi connectivity index (χ1) is 10.7. The number of nitrogens with one attached hydrogen (secondary N) is 3. The number of aryl methyl sites for hydroxylation is 1. The molecule has 1 aliphatic rings. The lowest BCUT2D eigenvalue weighted by molar-refractivity contribution is 0.162. The Morgan fingerprint density at radius 2 is 2.14 bits per heavy atom. The summed E-state index contributed by atoms with van der Waals surface area (Å²) in [6, 6.07) is 7.60. The number of aliphatic hydroxyl groups excluding tert-OH is 1. The minimum Gasteiger partial charge on any atom is -0.494 e. The van der Waals surface area contributed by atoms with Gasteiger partial charge in [0.25, 0.3) is 0 Å². The van der Waals surface area contributed by atoms with E-state index in [0.717, 1.165) is 18.6 Å². The zero-order valence-electron chi connectivity index (χ0n) is 13.0. The van der Waals surface area contributed by atoms with Gasteiger partial charge in [0.1, 0.15) is 5.75 Å². The zero-order valence-corrected chi connectivity index (χ0v) is 13.0. The summed E-state index contributed by atoms with van der Waals surface area (Å²) in [6.45, 7) is 4.38. The molecular weight excluding hydrogens is 282 g/mol. The van der Waals surface area contributed by atoms with E-state index in [2.05, 4.69) is 16.0 Å². The predicted molar refractivity (Wildman–Crippen MR) is 85.1 cm³/mol. The molecule has 1 fully saturated rings. The van der Waals surface area contributed by atoms with Crippen molar-refractivity contribution in [3.8, 4) is 5.75 Å². The number of benzene rings is 1. The van der Waals surface area contributed by atoms with Gasteiger partial charge >= 0.3 is 6.03 Å². The predicted octanol–water partition coefficient (Wildman–Crippen LogP) is 0.650. The highest BCUT2D eigenvalue weighted by molar-refractivity contribution is 5.74. The molecule has 0 radical (unpaired) electrons. The molecule has 0 aromatic heterocycles. The van der Waals surface area contributed by atoms with Gasteiger partial charge in [-0.25, -0.2) is 4.79 Å². The van der Waals surface area contributed by atoms with E-state index >= 15 is 0 Å². The van der Waals surface area contributed by atoms with Crippen LogP contribution in [-0.4, -0.2) is 49.5 Å². The van der Waals surface area contributed by atoms with Gasteiger partial charge in [0.2, 0.25) is 0 Å². The second kappa shape index (κ2) is 8.60. The Bertz CT molecular complexity index is 464. The second-order valence-corrected chi connectivity index (χ2v) is 5.41. The molecule has 4 N–H and O–H groups in total. The topological polar surface area (TPSA) is 82.6 Å². The van der Waals surface area contributed by atoms with Gasteiger partial charge < -0.3 is 25.8 Å². The summed E-state index contributed by atoms with van der Waals surface area (Å²) in [5, 5.41) is 18.2. The molecule has 1 saturated heterocycles. The molecule has 0 aliphatic carbocycles. The van der Waals surface area contributed by atoms with Crippen molar-refractivity contribution in [3.05, 3.63) is 29.8 Å². The molecule has 6 nitrogen and oxygen atoms in total. The number of carbonyl (C=O) groups excluding carboxylic acids is 1. The van der Waals surface area contributed by atoms with Crippen LogP contribution < -0.4 is 20.7 Å². The third kappa shape index (κ3) is 5.20. The first kappa shape index (κ1) is 16.6. The fourth-order valence-corrected chi connectivity index (χ4v) is 2.45. The minimum atomic E-state index is -0.505. The van der Waals surface area contributed by atoms with Crippen molar-refractivity contribution in [3.63, 3.8) is 0 Å². The summed E-state index contributed by atoms with van der Waals surface area (Å²) < 4.78 is 5.40. The monoisotopic (exact) mass is 307 g/mol. The number of β-amino-alcohol motifs (C(OH)–C–C–N with tert-alkyl or cyclic N) is 1. The molecular formula is C16H25N3O3. The minimum absolute atomic E-state index is 0.203. The summed E-state index contributed by atoms with van der Waals surface area (Å²) in [5.74, 6) is 0.882. The maximum Gasteiger partial charge on any atom is 0.315 e. The quantitative estimate of drug-likeness (QED) is 0.558. The van der Waals surface area contributed by atoms with Crippen molar-refractivity contribution in [1.29, 1.82) is 0 Å². The number of aliphatic hydroxyl groups is 1. The average Bonchev–Trinajstić information content (AvgIpc) is 2.91.